The van der Waals surface area contributed by atoms with Crippen molar-refractivity contribution in [2.45, 2.75) is 5.92 Å². The summed E-state index contributed by atoms with van der Waals surface area (Å²) in [5.74, 6) is -2.62. The number of nitriles is 1. The van der Waals surface area contributed by atoms with Gasteiger partial charge in [-0.05, 0) is 23.8 Å². The fraction of sp³-hybridized carbons (Fsp3) is 0.120. The first-order valence-electron chi connectivity index (χ1n) is 10.4. The number of halogens is 1. The third-order valence-electron chi connectivity index (χ3n) is 5.58. The topological polar surface area (TPSA) is 123 Å². The monoisotopic (exact) mass is 489 g/mol. The molecule has 9 nitrogen and oxygen atoms in total. The normalized spacial score (nSPS) is 15.6. The van der Waals surface area contributed by atoms with E-state index in [0.717, 1.165) is 0 Å². The summed E-state index contributed by atoms with van der Waals surface area (Å²) in [6.07, 6.45) is 4.92. The second kappa shape index (κ2) is 9.75. The van der Waals surface area contributed by atoms with E-state index in [9.17, 15) is 14.9 Å². The number of nitrogens with two attached hydrogens (primary N) is 1. The van der Waals surface area contributed by atoms with Gasteiger partial charge in [0.2, 0.25) is 0 Å². The van der Waals surface area contributed by atoms with E-state index >= 15 is 0 Å². The molecule has 10 heteroatoms. The van der Waals surface area contributed by atoms with E-state index in [0.29, 0.717) is 22.0 Å². The van der Waals surface area contributed by atoms with E-state index in [2.05, 4.69) is 11.1 Å². The Morgan fingerprint density at radius 1 is 1.11 bits per heavy atom. The number of benzene rings is 2. The molecule has 2 heterocycles. The lowest BCUT2D eigenvalue weighted by molar-refractivity contribution is -0.139. The van der Waals surface area contributed by atoms with Crippen LogP contribution in [0.2, 0.25) is 5.02 Å². The molecule has 176 valence electrons. The molecule has 0 bridgehead atoms. The van der Waals surface area contributed by atoms with Gasteiger partial charge in [0.05, 0.1) is 54.4 Å². The number of carbonyl (C=O) groups is 2. The highest BCUT2D eigenvalue weighted by atomic mass is 35.5. The molecule has 0 aliphatic carbocycles. The van der Waals surface area contributed by atoms with E-state index in [1.807, 2.05) is 0 Å². The summed E-state index contributed by atoms with van der Waals surface area (Å²) in [7, 11) is 2.38. The number of methoxy groups -OCH3 is 2. The Kier molecular flexibility index (Phi) is 6.57. The molecule has 2 aromatic carbocycles. The summed E-state index contributed by atoms with van der Waals surface area (Å²) in [5.41, 5.74) is 7.88. The summed E-state index contributed by atoms with van der Waals surface area (Å²) < 4.78 is 11.8. The molecule has 1 aromatic heterocycles. The van der Waals surface area contributed by atoms with Crippen molar-refractivity contribution in [3.8, 4) is 11.8 Å². The van der Waals surface area contributed by atoms with Crippen LogP contribution in [0.15, 0.2) is 89.9 Å². The van der Waals surface area contributed by atoms with Crippen LogP contribution in [0.5, 0.6) is 0 Å². The quantitative estimate of drug-likeness (QED) is 0.541. The van der Waals surface area contributed by atoms with Crippen LogP contribution in [0.1, 0.15) is 11.5 Å². The van der Waals surface area contributed by atoms with Gasteiger partial charge in [-0.25, -0.2) is 14.6 Å². The molecule has 0 saturated carbocycles. The number of hydrogen-bond donors (Lipinski definition) is 1. The van der Waals surface area contributed by atoms with Crippen molar-refractivity contribution in [3.63, 3.8) is 0 Å². The zero-order valence-corrected chi connectivity index (χ0v) is 19.6. The van der Waals surface area contributed by atoms with Gasteiger partial charge < -0.3 is 19.8 Å². The highest BCUT2D eigenvalue weighted by molar-refractivity contribution is 6.32. The van der Waals surface area contributed by atoms with Crippen LogP contribution in [-0.2, 0) is 19.1 Å². The van der Waals surface area contributed by atoms with Crippen molar-refractivity contribution in [2.24, 2.45) is 5.73 Å². The molecule has 2 N–H and O–H groups in total. The molecule has 1 unspecified atom stereocenters. The number of carbonyl (C=O) groups excluding carboxylic acids is 2. The molecule has 4 rings (SSSR count). The largest absolute Gasteiger partial charge is 0.466 e. The number of imidazole rings is 1. The third-order valence-corrected chi connectivity index (χ3v) is 5.89. The average molecular weight is 490 g/mol. The first kappa shape index (κ1) is 23.6. The van der Waals surface area contributed by atoms with Gasteiger partial charge >= 0.3 is 11.9 Å². The number of aromatic nitrogens is 2. The van der Waals surface area contributed by atoms with E-state index < -0.39 is 17.9 Å². The molecule has 0 radical (unpaired) electrons. The van der Waals surface area contributed by atoms with E-state index in [-0.39, 0.29) is 22.7 Å². The number of esters is 2. The molecular formula is C25H20ClN5O4. The highest BCUT2D eigenvalue weighted by Gasteiger charge is 2.43. The van der Waals surface area contributed by atoms with Gasteiger partial charge in [-0.3, -0.25) is 4.90 Å². The fourth-order valence-corrected chi connectivity index (χ4v) is 4.30. The Morgan fingerprint density at radius 3 is 2.40 bits per heavy atom. The number of ether oxygens (including phenoxy) is 2. The molecule has 0 spiro atoms. The molecule has 0 amide bonds. The van der Waals surface area contributed by atoms with Crippen LogP contribution < -0.4 is 10.6 Å². The van der Waals surface area contributed by atoms with E-state index in [1.165, 1.54) is 19.1 Å². The van der Waals surface area contributed by atoms with Crippen LogP contribution in [0.25, 0.3) is 5.69 Å². The maximum absolute atomic E-state index is 13.1. The predicted octanol–water partition coefficient (Wildman–Crippen LogP) is 3.42. The zero-order chi connectivity index (χ0) is 25.1. The average Bonchev–Trinajstić information content (AvgIpc) is 3.42. The Bertz CT molecular complexity index is 1390. The summed E-state index contributed by atoms with van der Waals surface area (Å²) in [6.45, 7) is 0. The zero-order valence-electron chi connectivity index (χ0n) is 18.8. The molecule has 0 fully saturated rings. The molecule has 35 heavy (non-hydrogen) atoms. The van der Waals surface area contributed by atoms with Crippen molar-refractivity contribution in [1.29, 1.82) is 5.26 Å². The van der Waals surface area contributed by atoms with Gasteiger partial charge in [-0.15, -0.1) is 0 Å². The fourth-order valence-electron chi connectivity index (χ4n) is 4.03. The van der Waals surface area contributed by atoms with Gasteiger partial charge in [-0.2, -0.15) is 5.26 Å². The first-order valence-corrected chi connectivity index (χ1v) is 10.7. The standard InChI is InChI=1S/C25H20ClN5O4/c1-34-24(32)21-20(15-6-4-3-5-7-15)17(13-27)23(28)31(22(21)25(33)35-2)16-8-9-19(18(26)12-16)30-11-10-29-14-30/h3-12,14,20H,28H2,1-2H3. The molecule has 1 aliphatic rings. The summed E-state index contributed by atoms with van der Waals surface area (Å²) in [4.78, 5) is 31.5. The predicted molar refractivity (Wildman–Crippen MR) is 128 cm³/mol. The van der Waals surface area contributed by atoms with Crippen LogP contribution >= 0.6 is 11.6 Å². The minimum absolute atomic E-state index is 0.0409. The minimum Gasteiger partial charge on any atom is -0.466 e. The minimum atomic E-state index is -0.945. The Morgan fingerprint density at radius 2 is 1.83 bits per heavy atom. The lowest BCUT2D eigenvalue weighted by Gasteiger charge is -2.36. The van der Waals surface area contributed by atoms with Gasteiger partial charge in [0, 0.05) is 18.1 Å². The summed E-state index contributed by atoms with van der Waals surface area (Å²) in [5, 5.41) is 10.4. The molecule has 0 saturated heterocycles. The lowest BCUT2D eigenvalue weighted by atomic mass is 9.81. The van der Waals surface area contributed by atoms with Gasteiger partial charge in [0.1, 0.15) is 11.5 Å². The van der Waals surface area contributed by atoms with Crippen LogP contribution in [0, 0.1) is 11.3 Å². The number of rotatable bonds is 5. The molecule has 1 atom stereocenters. The van der Waals surface area contributed by atoms with Crippen molar-refractivity contribution in [3.05, 3.63) is 101 Å². The van der Waals surface area contributed by atoms with Crippen molar-refractivity contribution < 1.29 is 19.1 Å². The Labute approximate surface area is 206 Å². The Hall–Kier alpha value is -4.55. The number of anilines is 1. The van der Waals surface area contributed by atoms with Crippen LogP contribution in [0.4, 0.5) is 5.69 Å². The van der Waals surface area contributed by atoms with Gasteiger partial charge in [-0.1, -0.05) is 41.9 Å². The van der Waals surface area contributed by atoms with Gasteiger partial charge in [0.25, 0.3) is 0 Å². The van der Waals surface area contributed by atoms with E-state index in [4.69, 9.17) is 26.8 Å². The summed E-state index contributed by atoms with van der Waals surface area (Å²) in [6, 6.07) is 15.8. The first-order chi connectivity index (χ1) is 16.9. The lowest BCUT2D eigenvalue weighted by Crippen LogP contribution is -2.40. The number of hydrogen-bond acceptors (Lipinski definition) is 8. The van der Waals surface area contributed by atoms with Crippen LogP contribution in [0.3, 0.4) is 0 Å². The third kappa shape index (κ3) is 4.11. The summed E-state index contributed by atoms with van der Waals surface area (Å²) >= 11 is 6.55. The number of nitrogens with zero attached hydrogens (tertiary/aromatic N) is 4. The maximum atomic E-state index is 13.1. The van der Waals surface area contributed by atoms with Crippen LogP contribution in [-0.4, -0.2) is 35.7 Å². The van der Waals surface area contributed by atoms with Crippen molar-refractivity contribution in [1.82, 2.24) is 9.55 Å². The number of allylic oxidation sites excluding steroid dienone is 1. The van der Waals surface area contributed by atoms with Crippen molar-refractivity contribution >= 4 is 29.2 Å². The Balaban J connectivity index is 2.00. The molecular weight excluding hydrogens is 470 g/mol. The smallest absolute Gasteiger partial charge is 0.355 e. The second-order valence-corrected chi connectivity index (χ2v) is 7.85. The SMILES string of the molecule is COC(=O)C1=C(C(=O)OC)N(c2ccc(-n3ccnc3)c(Cl)c2)C(N)=C(C#N)C1c1ccccc1. The molecule has 3 aromatic rings. The van der Waals surface area contributed by atoms with Crippen molar-refractivity contribution in [2.75, 3.05) is 19.1 Å². The van der Waals surface area contributed by atoms with E-state index in [1.54, 1.807) is 71.8 Å². The highest BCUT2D eigenvalue weighted by Crippen LogP contribution is 2.43. The maximum Gasteiger partial charge on any atom is 0.355 e. The second-order valence-electron chi connectivity index (χ2n) is 7.44. The molecule has 1 aliphatic heterocycles. The van der Waals surface area contributed by atoms with Gasteiger partial charge in [0.15, 0.2) is 0 Å².